The van der Waals surface area contributed by atoms with Crippen molar-refractivity contribution in [3.05, 3.63) is 52.8 Å². The lowest BCUT2D eigenvalue weighted by Crippen LogP contribution is -2.00. The number of carbonyl (C=O) groups excluding carboxylic acids is 1. The van der Waals surface area contributed by atoms with Crippen LogP contribution in [0.3, 0.4) is 0 Å². The molecule has 0 bridgehead atoms. The Morgan fingerprint density at radius 2 is 1.96 bits per heavy atom. The fourth-order valence-corrected chi connectivity index (χ4v) is 2.99. The van der Waals surface area contributed by atoms with Gasteiger partial charge in [0.25, 0.3) is 5.78 Å². The average molecular weight is 328 g/mol. The molecule has 6 nitrogen and oxygen atoms in total. The number of thioether (sulfide) groups is 1. The summed E-state index contributed by atoms with van der Waals surface area (Å²) in [6.07, 6.45) is 0. The predicted octanol–water partition coefficient (Wildman–Crippen LogP) is 2.82. The van der Waals surface area contributed by atoms with Crippen LogP contribution in [-0.2, 0) is 10.5 Å². The highest BCUT2D eigenvalue weighted by molar-refractivity contribution is 7.98. The maximum atomic E-state index is 11.4. The molecule has 0 saturated carbocycles. The third-order valence-electron chi connectivity index (χ3n) is 3.34. The van der Waals surface area contributed by atoms with Crippen LogP contribution in [0.4, 0.5) is 0 Å². The van der Waals surface area contributed by atoms with Crippen LogP contribution in [-0.4, -0.2) is 32.7 Å². The van der Waals surface area contributed by atoms with Gasteiger partial charge in [-0.1, -0.05) is 23.9 Å². The van der Waals surface area contributed by atoms with Crippen LogP contribution in [0.25, 0.3) is 5.78 Å². The van der Waals surface area contributed by atoms with Crippen LogP contribution in [0.15, 0.2) is 35.5 Å². The normalized spacial score (nSPS) is 10.9. The zero-order chi connectivity index (χ0) is 16.4. The first-order valence-corrected chi connectivity index (χ1v) is 8.06. The van der Waals surface area contributed by atoms with Crippen LogP contribution in [0.2, 0.25) is 0 Å². The minimum Gasteiger partial charge on any atom is -0.465 e. The smallest absolute Gasteiger partial charge is 0.337 e. The van der Waals surface area contributed by atoms with E-state index in [9.17, 15) is 4.79 Å². The maximum Gasteiger partial charge on any atom is 0.337 e. The zero-order valence-corrected chi connectivity index (χ0v) is 13.9. The maximum absolute atomic E-state index is 11.4. The monoisotopic (exact) mass is 328 g/mol. The number of nitrogens with zero attached hydrogens (tertiary/aromatic N) is 4. The molecule has 0 saturated heterocycles. The molecule has 1 aromatic carbocycles. The Morgan fingerprint density at radius 3 is 2.65 bits per heavy atom. The van der Waals surface area contributed by atoms with E-state index in [0.717, 1.165) is 22.7 Å². The first-order valence-electron chi connectivity index (χ1n) is 7.08. The third-order valence-corrected chi connectivity index (χ3v) is 4.25. The molecule has 0 amide bonds. The van der Waals surface area contributed by atoms with E-state index in [1.165, 1.54) is 18.9 Å². The molecule has 0 radical (unpaired) electrons. The SMILES string of the molecule is COC(=O)c1ccc(CSc2nc3nc(C)cc(C)n3n2)cc1. The molecule has 0 fully saturated rings. The zero-order valence-electron chi connectivity index (χ0n) is 13.1. The Balaban J connectivity index is 1.73. The van der Waals surface area contributed by atoms with Crippen molar-refractivity contribution in [2.75, 3.05) is 7.11 Å². The Labute approximate surface area is 137 Å². The van der Waals surface area contributed by atoms with Crippen LogP contribution in [0.5, 0.6) is 0 Å². The van der Waals surface area contributed by atoms with E-state index in [0.29, 0.717) is 16.5 Å². The molecule has 0 N–H and O–H groups in total. The topological polar surface area (TPSA) is 69.4 Å². The summed E-state index contributed by atoms with van der Waals surface area (Å²) in [5, 5.41) is 5.14. The number of hydrogen-bond donors (Lipinski definition) is 0. The number of carbonyl (C=O) groups is 1. The van der Waals surface area contributed by atoms with E-state index in [1.54, 1.807) is 16.6 Å². The largest absolute Gasteiger partial charge is 0.465 e. The second kappa shape index (κ2) is 6.37. The Hall–Kier alpha value is -2.41. The molecule has 2 aromatic heterocycles. The summed E-state index contributed by atoms with van der Waals surface area (Å²) < 4.78 is 6.43. The first kappa shape index (κ1) is 15.5. The van der Waals surface area contributed by atoms with Crippen molar-refractivity contribution in [1.29, 1.82) is 0 Å². The van der Waals surface area contributed by atoms with Gasteiger partial charge in [-0.3, -0.25) is 0 Å². The molecule has 0 atom stereocenters. The van der Waals surface area contributed by atoms with Gasteiger partial charge in [0.2, 0.25) is 5.16 Å². The minimum absolute atomic E-state index is 0.330. The van der Waals surface area contributed by atoms with Crippen molar-refractivity contribution in [3.63, 3.8) is 0 Å². The van der Waals surface area contributed by atoms with E-state index in [-0.39, 0.29) is 5.97 Å². The van der Waals surface area contributed by atoms with Crippen molar-refractivity contribution in [1.82, 2.24) is 19.6 Å². The van der Waals surface area contributed by atoms with Gasteiger partial charge in [0, 0.05) is 17.1 Å². The van der Waals surface area contributed by atoms with Gasteiger partial charge in [0.15, 0.2) is 0 Å². The lowest BCUT2D eigenvalue weighted by molar-refractivity contribution is 0.0600. The van der Waals surface area contributed by atoms with Gasteiger partial charge >= 0.3 is 5.97 Å². The number of esters is 1. The van der Waals surface area contributed by atoms with Crippen LogP contribution >= 0.6 is 11.8 Å². The molecule has 3 rings (SSSR count). The van der Waals surface area contributed by atoms with Gasteiger partial charge in [0.05, 0.1) is 12.7 Å². The second-order valence-electron chi connectivity index (χ2n) is 5.12. The molecule has 7 heteroatoms. The van der Waals surface area contributed by atoms with Gasteiger partial charge in [-0.15, -0.1) is 5.10 Å². The number of ether oxygens (including phenoxy) is 1. The summed E-state index contributed by atoms with van der Waals surface area (Å²) in [6.45, 7) is 3.92. The number of rotatable bonds is 4. The lowest BCUT2D eigenvalue weighted by Gasteiger charge is -2.01. The molecule has 118 valence electrons. The van der Waals surface area contributed by atoms with E-state index < -0.39 is 0 Å². The van der Waals surface area contributed by atoms with Crippen molar-refractivity contribution in [3.8, 4) is 0 Å². The fraction of sp³-hybridized carbons (Fsp3) is 0.250. The summed E-state index contributed by atoms with van der Waals surface area (Å²) in [4.78, 5) is 20.2. The fourth-order valence-electron chi connectivity index (χ4n) is 2.21. The molecule has 0 aliphatic rings. The molecule has 0 unspecified atom stereocenters. The van der Waals surface area contributed by atoms with Gasteiger partial charge in [0.1, 0.15) is 0 Å². The van der Waals surface area contributed by atoms with E-state index in [2.05, 4.69) is 19.8 Å². The molecular weight excluding hydrogens is 312 g/mol. The minimum atomic E-state index is -0.330. The van der Waals surface area contributed by atoms with Crippen molar-refractivity contribution >= 4 is 23.5 Å². The summed E-state index contributed by atoms with van der Waals surface area (Å²) in [5.74, 6) is 1.00. The summed E-state index contributed by atoms with van der Waals surface area (Å²) in [6, 6.07) is 9.30. The number of hydrogen-bond acceptors (Lipinski definition) is 6. The first-order chi connectivity index (χ1) is 11.1. The quantitative estimate of drug-likeness (QED) is 0.542. The van der Waals surface area contributed by atoms with E-state index in [1.807, 2.05) is 32.0 Å². The molecule has 0 aliphatic heterocycles. The van der Waals surface area contributed by atoms with Gasteiger partial charge in [-0.25, -0.2) is 14.3 Å². The van der Waals surface area contributed by atoms with Gasteiger partial charge in [-0.05, 0) is 37.6 Å². The Kier molecular flexibility index (Phi) is 4.29. The van der Waals surface area contributed by atoms with Crippen molar-refractivity contribution in [2.45, 2.75) is 24.8 Å². The number of aryl methyl sites for hydroxylation is 2. The molecule has 3 aromatic rings. The van der Waals surface area contributed by atoms with Crippen molar-refractivity contribution < 1.29 is 9.53 Å². The summed E-state index contributed by atoms with van der Waals surface area (Å²) in [7, 11) is 1.37. The van der Waals surface area contributed by atoms with Gasteiger partial charge in [-0.2, -0.15) is 4.98 Å². The second-order valence-corrected chi connectivity index (χ2v) is 6.06. The lowest BCUT2D eigenvalue weighted by atomic mass is 10.1. The number of aromatic nitrogens is 4. The standard InChI is InChI=1S/C16H16N4O2S/c1-10-8-11(2)20-15(17-10)18-16(19-20)23-9-12-4-6-13(7-5-12)14(21)22-3/h4-8H,9H2,1-3H3. The Morgan fingerprint density at radius 1 is 1.22 bits per heavy atom. The Bertz CT molecular complexity index is 858. The van der Waals surface area contributed by atoms with Crippen LogP contribution < -0.4 is 0 Å². The number of methoxy groups -OCH3 is 1. The summed E-state index contributed by atoms with van der Waals surface area (Å²) in [5.41, 5.74) is 3.57. The molecular formula is C16H16N4O2S. The van der Waals surface area contributed by atoms with Crippen LogP contribution in [0.1, 0.15) is 27.3 Å². The highest BCUT2D eigenvalue weighted by Gasteiger charge is 2.09. The average Bonchev–Trinajstić information content (AvgIpc) is 2.96. The third kappa shape index (κ3) is 3.34. The molecule has 0 aliphatic carbocycles. The number of fused-ring (bicyclic) bond motifs is 1. The molecule has 2 heterocycles. The summed E-state index contributed by atoms with van der Waals surface area (Å²) >= 11 is 1.53. The van der Waals surface area contributed by atoms with Crippen molar-refractivity contribution in [2.24, 2.45) is 0 Å². The molecule has 23 heavy (non-hydrogen) atoms. The van der Waals surface area contributed by atoms with Crippen LogP contribution in [0, 0.1) is 13.8 Å². The molecule has 0 spiro atoms. The van der Waals surface area contributed by atoms with E-state index in [4.69, 9.17) is 0 Å². The van der Waals surface area contributed by atoms with E-state index >= 15 is 0 Å². The highest BCUT2D eigenvalue weighted by atomic mass is 32.2. The van der Waals surface area contributed by atoms with Gasteiger partial charge < -0.3 is 4.74 Å². The highest BCUT2D eigenvalue weighted by Crippen LogP contribution is 2.21. The number of benzene rings is 1. The predicted molar refractivity (Wildman–Crippen MR) is 87.6 cm³/mol.